The van der Waals surface area contributed by atoms with Gasteiger partial charge in [-0.05, 0) is 19.3 Å². The molecule has 0 unspecified atom stereocenters. The van der Waals surface area contributed by atoms with Crippen molar-refractivity contribution in [3.05, 3.63) is 22.6 Å². The molecular weight excluding hydrogens is 246 g/mol. The number of nitrogens with zero attached hydrogens (tertiary/aromatic N) is 3. The van der Waals surface area contributed by atoms with Crippen molar-refractivity contribution in [2.24, 2.45) is 0 Å². The van der Waals surface area contributed by atoms with E-state index in [1.54, 1.807) is 12.3 Å². The van der Waals surface area contributed by atoms with Crippen LogP contribution in [0, 0.1) is 0 Å². The number of anilines is 1. The number of carbonyl (C=O) groups excluding carboxylic acids is 1. The van der Waals surface area contributed by atoms with Gasteiger partial charge in [-0.1, -0.05) is 0 Å². The minimum atomic E-state index is -0.262. The molecule has 2 rings (SSSR count). The molecule has 0 radical (unpaired) electrons. The van der Waals surface area contributed by atoms with E-state index in [1.807, 2.05) is 0 Å². The second kappa shape index (κ2) is 6.36. The highest BCUT2D eigenvalue weighted by atomic mass is 16.5. The summed E-state index contributed by atoms with van der Waals surface area (Å²) >= 11 is 0. The zero-order valence-corrected chi connectivity index (χ0v) is 11.2. The molecule has 2 heterocycles. The number of ether oxygens (including phenoxy) is 1. The van der Waals surface area contributed by atoms with Crippen molar-refractivity contribution in [3.8, 4) is 0 Å². The molecule has 0 bridgehead atoms. The Hall–Kier alpha value is -1.85. The van der Waals surface area contributed by atoms with Crippen LogP contribution in [0.5, 0.6) is 0 Å². The molecule has 6 nitrogen and oxygen atoms in total. The molecule has 0 saturated carbocycles. The summed E-state index contributed by atoms with van der Waals surface area (Å²) in [6.07, 6.45) is 4.93. The van der Waals surface area contributed by atoms with Crippen LogP contribution in [-0.4, -0.2) is 35.9 Å². The monoisotopic (exact) mass is 265 g/mol. The Kier molecular flexibility index (Phi) is 4.54. The predicted molar refractivity (Wildman–Crippen MR) is 71.2 cm³/mol. The maximum Gasteiger partial charge on any atom is 0.305 e. The van der Waals surface area contributed by atoms with E-state index >= 15 is 0 Å². The van der Waals surface area contributed by atoms with E-state index in [0.29, 0.717) is 19.4 Å². The van der Waals surface area contributed by atoms with E-state index in [9.17, 15) is 9.59 Å². The smallest absolute Gasteiger partial charge is 0.305 e. The molecule has 0 spiro atoms. The Morgan fingerprint density at radius 3 is 2.79 bits per heavy atom. The van der Waals surface area contributed by atoms with E-state index in [-0.39, 0.29) is 11.5 Å². The molecule has 1 aromatic rings. The third-order valence-electron chi connectivity index (χ3n) is 3.30. The fourth-order valence-corrected chi connectivity index (χ4v) is 2.22. The summed E-state index contributed by atoms with van der Waals surface area (Å²) in [4.78, 5) is 25.1. The van der Waals surface area contributed by atoms with Gasteiger partial charge < -0.3 is 9.64 Å². The fourth-order valence-electron chi connectivity index (χ4n) is 2.22. The Morgan fingerprint density at radius 1 is 1.42 bits per heavy atom. The van der Waals surface area contributed by atoms with Crippen molar-refractivity contribution in [1.29, 1.82) is 0 Å². The van der Waals surface area contributed by atoms with Crippen molar-refractivity contribution in [2.45, 2.75) is 32.2 Å². The van der Waals surface area contributed by atoms with Crippen LogP contribution in [-0.2, 0) is 16.1 Å². The van der Waals surface area contributed by atoms with Crippen LogP contribution >= 0.6 is 0 Å². The minimum absolute atomic E-state index is 0.116. The van der Waals surface area contributed by atoms with Gasteiger partial charge in [-0.3, -0.25) is 9.59 Å². The number of hydrogen-bond donors (Lipinski definition) is 0. The topological polar surface area (TPSA) is 64.4 Å². The Bertz CT molecular complexity index is 492. The van der Waals surface area contributed by atoms with Gasteiger partial charge >= 0.3 is 5.97 Å². The van der Waals surface area contributed by atoms with Crippen LogP contribution in [0.3, 0.4) is 0 Å². The maximum absolute atomic E-state index is 11.9. The van der Waals surface area contributed by atoms with Crippen LogP contribution in [0.4, 0.5) is 5.69 Å². The van der Waals surface area contributed by atoms with Crippen LogP contribution in [0.15, 0.2) is 17.1 Å². The lowest BCUT2D eigenvalue weighted by Crippen LogP contribution is -2.26. The van der Waals surface area contributed by atoms with E-state index in [4.69, 9.17) is 0 Å². The van der Waals surface area contributed by atoms with Gasteiger partial charge in [0.05, 0.1) is 19.0 Å². The second-order valence-electron chi connectivity index (χ2n) is 4.65. The third-order valence-corrected chi connectivity index (χ3v) is 3.30. The summed E-state index contributed by atoms with van der Waals surface area (Å²) < 4.78 is 5.94. The van der Waals surface area contributed by atoms with Gasteiger partial charge in [-0.15, -0.1) is 0 Å². The number of hydrogen-bond acceptors (Lipinski definition) is 5. The highest BCUT2D eigenvalue weighted by molar-refractivity contribution is 5.68. The average molecular weight is 265 g/mol. The molecule has 0 N–H and O–H groups in total. The molecule has 1 aromatic heterocycles. The predicted octanol–water partition coefficient (Wildman–Crippen LogP) is 0.797. The Morgan fingerprint density at radius 2 is 2.16 bits per heavy atom. The highest BCUT2D eigenvalue weighted by Gasteiger charge is 2.13. The van der Waals surface area contributed by atoms with Crippen molar-refractivity contribution in [2.75, 3.05) is 25.1 Å². The van der Waals surface area contributed by atoms with Gasteiger partial charge in [0.1, 0.15) is 0 Å². The van der Waals surface area contributed by atoms with Crippen molar-refractivity contribution < 1.29 is 9.53 Å². The van der Waals surface area contributed by atoms with E-state index in [2.05, 4.69) is 14.7 Å². The lowest BCUT2D eigenvalue weighted by atomic mass is 10.3. The summed E-state index contributed by atoms with van der Waals surface area (Å²) in [5.74, 6) is -0.262. The van der Waals surface area contributed by atoms with Crippen molar-refractivity contribution >= 4 is 11.7 Å². The Balaban J connectivity index is 1.95. The van der Waals surface area contributed by atoms with Crippen LogP contribution in [0.1, 0.15) is 25.7 Å². The van der Waals surface area contributed by atoms with Crippen LogP contribution < -0.4 is 10.5 Å². The third kappa shape index (κ3) is 3.56. The number of aromatic nitrogens is 2. The van der Waals surface area contributed by atoms with Gasteiger partial charge in [0.15, 0.2) is 0 Å². The van der Waals surface area contributed by atoms with Gasteiger partial charge in [0.25, 0.3) is 5.56 Å². The number of methoxy groups -OCH3 is 1. The molecule has 104 valence electrons. The molecule has 0 atom stereocenters. The molecule has 19 heavy (non-hydrogen) atoms. The normalized spacial score (nSPS) is 14.7. The number of rotatable bonds is 5. The molecule has 1 saturated heterocycles. The molecule has 1 fully saturated rings. The largest absolute Gasteiger partial charge is 0.469 e. The zero-order chi connectivity index (χ0) is 13.7. The highest BCUT2D eigenvalue weighted by Crippen LogP contribution is 2.16. The SMILES string of the molecule is COC(=O)CCCn1ncc(N2CCCC2)cc1=O. The lowest BCUT2D eigenvalue weighted by Gasteiger charge is -2.16. The summed E-state index contributed by atoms with van der Waals surface area (Å²) in [5, 5.41) is 4.16. The van der Waals surface area contributed by atoms with Gasteiger partial charge in [-0.2, -0.15) is 5.10 Å². The van der Waals surface area contributed by atoms with Gasteiger partial charge in [0, 0.05) is 32.1 Å². The molecule has 1 aliphatic rings. The zero-order valence-electron chi connectivity index (χ0n) is 11.2. The average Bonchev–Trinajstić information content (AvgIpc) is 2.94. The molecule has 0 amide bonds. The number of esters is 1. The number of carbonyl (C=O) groups is 1. The summed E-state index contributed by atoms with van der Waals surface area (Å²) in [6, 6.07) is 1.62. The molecule has 1 aliphatic heterocycles. The van der Waals surface area contributed by atoms with Crippen molar-refractivity contribution in [3.63, 3.8) is 0 Å². The molecule has 0 aliphatic carbocycles. The Labute approximate surface area is 112 Å². The van der Waals surface area contributed by atoms with E-state index < -0.39 is 0 Å². The first-order valence-corrected chi connectivity index (χ1v) is 6.59. The molecule has 0 aromatic carbocycles. The van der Waals surface area contributed by atoms with Gasteiger partial charge in [-0.25, -0.2) is 4.68 Å². The molecular formula is C13H19N3O3. The van der Waals surface area contributed by atoms with Crippen molar-refractivity contribution in [1.82, 2.24) is 9.78 Å². The molecule has 6 heteroatoms. The van der Waals surface area contributed by atoms with Crippen LogP contribution in [0.2, 0.25) is 0 Å². The first-order chi connectivity index (χ1) is 9.20. The van der Waals surface area contributed by atoms with Crippen LogP contribution in [0.25, 0.3) is 0 Å². The lowest BCUT2D eigenvalue weighted by molar-refractivity contribution is -0.140. The standard InChI is InChI=1S/C13H19N3O3/c1-19-13(18)5-4-8-16-12(17)9-11(10-14-16)15-6-2-3-7-15/h9-10H,2-8H2,1H3. The van der Waals surface area contributed by atoms with E-state index in [0.717, 1.165) is 18.8 Å². The fraction of sp³-hybridized carbons (Fsp3) is 0.615. The summed E-state index contributed by atoms with van der Waals surface area (Å²) in [7, 11) is 1.36. The number of aryl methyl sites for hydroxylation is 1. The maximum atomic E-state index is 11.9. The van der Waals surface area contributed by atoms with E-state index in [1.165, 1.54) is 24.6 Å². The minimum Gasteiger partial charge on any atom is -0.469 e. The van der Waals surface area contributed by atoms with Gasteiger partial charge in [0.2, 0.25) is 0 Å². The quantitative estimate of drug-likeness (QED) is 0.737. The first kappa shape index (κ1) is 13.6. The second-order valence-corrected chi connectivity index (χ2v) is 4.65. The summed E-state index contributed by atoms with van der Waals surface area (Å²) in [6.45, 7) is 2.43. The summed E-state index contributed by atoms with van der Waals surface area (Å²) in [5.41, 5.74) is 0.779. The first-order valence-electron chi connectivity index (χ1n) is 6.59.